The molecule has 108 valence electrons. The number of nitrogens with zero attached hydrogens (tertiary/aromatic N) is 1. The summed E-state index contributed by atoms with van der Waals surface area (Å²) < 4.78 is -0.522. The van der Waals surface area contributed by atoms with Crippen molar-refractivity contribution >= 4 is 64.7 Å². The van der Waals surface area contributed by atoms with Crippen LogP contribution in [0.25, 0.3) is 10.9 Å². The van der Waals surface area contributed by atoms with Crippen LogP contribution >= 0.6 is 47.8 Å². The molecule has 0 saturated heterocycles. The summed E-state index contributed by atoms with van der Waals surface area (Å²) in [4.78, 5) is 13.6. The minimum absolute atomic E-state index is 0.456. The van der Waals surface area contributed by atoms with Crippen LogP contribution in [0.5, 0.6) is 0 Å². The molecule has 0 bridgehead atoms. The van der Waals surface area contributed by atoms with Gasteiger partial charge in [-0.3, -0.25) is 4.79 Å². The normalized spacial score (nSPS) is 10.8. The fourth-order valence-corrected chi connectivity index (χ4v) is 2.59. The number of carboxylic acid groups (broad SMARTS) is 1. The molecule has 0 fully saturated rings. The van der Waals surface area contributed by atoms with Crippen molar-refractivity contribution in [1.82, 2.24) is 4.98 Å². The third kappa shape index (κ3) is 5.12. The van der Waals surface area contributed by atoms with E-state index in [2.05, 4.69) is 58.8 Å². The van der Waals surface area contributed by atoms with Crippen LogP contribution in [0.15, 0.2) is 30.3 Å². The summed E-state index contributed by atoms with van der Waals surface area (Å²) in [6.45, 7) is 1.54. The lowest BCUT2D eigenvalue weighted by atomic mass is 10.1. The molecule has 0 spiro atoms. The van der Waals surface area contributed by atoms with E-state index in [1.54, 1.807) is 0 Å². The van der Waals surface area contributed by atoms with Gasteiger partial charge in [0.15, 0.2) is 2.14 Å². The number of rotatable bonds is 1. The number of hydrogen-bond donors (Lipinski definition) is 2. The Kier molecular flexibility index (Phi) is 6.57. The quantitative estimate of drug-likeness (QED) is 0.618. The highest BCUT2D eigenvalue weighted by Gasteiger charge is 2.26. The van der Waals surface area contributed by atoms with E-state index in [1.165, 1.54) is 0 Å². The van der Waals surface area contributed by atoms with Gasteiger partial charge in [0.1, 0.15) is 0 Å². The molecule has 0 unspecified atom stereocenters. The number of benzene rings is 1. The zero-order chi connectivity index (χ0) is 15.3. The molecule has 2 aromatic rings. The van der Waals surface area contributed by atoms with Crippen molar-refractivity contribution in [2.45, 2.75) is 15.6 Å². The van der Waals surface area contributed by atoms with Crippen molar-refractivity contribution in [2.24, 2.45) is 5.73 Å². The first-order chi connectivity index (χ1) is 9.25. The van der Waals surface area contributed by atoms with Gasteiger partial charge < -0.3 is 10.8 Å². The van der Waals surface area contributed by atoms with E-state index in [0.717, 1.165) is 29.1 Å². The van der Waals surface area contributed by atoms with Gasteiger partial charge in [0.25, 0.3) is 5.97 Å². The number of carboxylic acids is 1. The highest BCUT2D eigenvalue weighted by Crippen LogP contribution is 2.45. The molecule has 0 saturated carbocycles. The third-order valence-corrected chi connectivity index (χ3v) is 3.42. The molecule has 0 amide bonds. The molecule has 3 N–H and O–H groups in total. The fourth-order valence-electron chi connectivity index (χ4n) is 1.56. The predicted molar refractivity (Wildman–Crippen MR) is 91.4 cm³/mol. The lowest BCUT2D eigenvalue weighted by Gasteiger charge is -2.16. The maximum absolute atomic E-state index is 9.00. The van der Waals surface area contributed by atoms with E-state index in [9.17, 15) is 0 Å². The standard InChI is InChI=1S/C11H9Br3N2.C2H4O2/c12-11(13,14)10-8(6-15)5-7-3-1-2-4-9(7)16-10;1-2(3)4/h1-5H,6,15H2;1H3,(H,3,4). The molecule has 0 atom stereocenters. The molecule has 7 heteroatoms. The first-order valence-corrected chi connectivity index (χ1v) is 7.99. The Morgan fingerprint density at radius 2 is 1.90 bits per heavy atom. The monoisotopic (exact) mass is 466 g/mol. The Bertz CT molecular complexity index is 608. The molecule has 1 aromatic heterocycles. The largest absolute Gasteiger partial charge is 0.481 e. The lowest BCUT2D eigenvalue weighted by Crippen LogP contribution is -2.10. The first kappa shape index (κ1) is 17.6. The highest BCUT2D eigenvalue weighted by molar-refractivity contribution is 9.38. The molecule has 0 aliphatic carbocycles. The molecule has 20 heavy (non-hydrogen) atoms. The summed E-state index contributed by atoms with van der Waals surface area (Å²) in [5.74, 6) is -0.833. The van der Waals surface area contributed by atoms with Crippen LogP contribution in [0, 0.1) is 0 Å². The van der Waals surface area contributed by atoms with Crippen LogP contribution in [0.2, 0.25) is 0 Å². The van der Waals surface area contributed by atoms with Crippen molar-refractivity contribution in [3.05, 3.63) is 41.6 Å². The number of aromatic nitrogens is 1. The molecule has 0 aliphatic rings. The third-order valence-electron chi connectivity index (χ3n) is 2.29. The van der Waals surface area contributed by atoms with Gasteiger partial charge in [0.2, 0.25) is 0 Å². The van der Waals surface area contributed by atoms with Crippen molar-refractivity contribution < 1.29 is 9.90 Å². The summed E-state index contributed by atoms with van der Waals surface area (Å²) in [6, 6.07) is 10.0. The van der Waals surface area contributed by atoms with E-state index >= 15 is 0 Å². The summed E-state index contributed by atoms with van der Waals surface area (Å²) >= 11 is 10.4. The molecule has 1 heterocycles. The number of fused-ring (bicyclic) bond motifs is 1. The molecule has 2 rings (SSSR count). The number of alkyl halides is 3. The highest BCUT2D eigenvalue weighted by atomic mass is 80.0. The fraction of sp³-hybridized carbons (Fsp3) is 0.231. The summed E-state index contributed by atoms with van der Waals surface area (Å²) in [5.41, 5.74) is 8.55. The second kappa shape index (κ2) is 7.49. The van der Waals surface area contributed by atoms with Gasteiger partial charge in [0, 0.05) is 18.9 Å². The molecular weight excluding hydrogens is 456 g/mol. The zero-order valence-electron chi connectivity index (χ0n) is 10.6. The van der Waals surface area contributed by atoms with Gasteiger partial charge in [-0.15, -0.1) is 0 Å². The van der Waals surface area contributed by atoms with Crippen LogP contribution in [0.1, 0.15) is 18.2 Å². The number of hydrogen-bond acceptors (Lipinski definition) is 3. The maximum atomic E-state index is 9.00. The Labute approximate surface area is 142 Å². The topological polar surface area (TPSA) is 76.2 Å². The Hall–Kier alpha value is -0.500. The molecular formula is C13H13Br3N2O2. The Morgan fingerprint density at radius 1 is 1.35 bits per heavy atom. The van der Waals surface area contributed by atoms with Crippen LogP contribution in [0.3, 0.4) is 0 Å². The van der Waals surface area contributed by atoms with Crippen LogP contribution in [0.4, 0.5) is 0 Å². The molecule has 0 radical (unpaired) electrons. The van der Waals surface area contributed by atoms with E-state index in [0.29, 0.717) is 6.54 Å². The maximum Gasteiger partial charge on any atom is 0.300 e. The van der Waals surface area contributed by atoms with Crippen molar-refractivity contribution in [1.29, 1.82) is 0 Å². The van der Waals surface area contributed by atoms with Gasteiger partial charge >= 0.3 is 0 Å². The minimum atomic E-state index is -0.833. The number of aliphatic carboxylic acids is 1. The van der Waals surface area contributed by atoms with Crippen molar-refractivity contribution in [2.75, 3.05) is 0 Å². The Balaban J connectivity index is 0.000000444. The van der Waals surface area contributed by atoms with Crippen molar-refractivity contribution in [3.63, 3.8) is 0 Å². The first-order valence-electron chi connectivity index (χ1n) is 5.61. The summed E-state index contributed by atoms with van der Waals surface area (Å²) in [7, 11) is 0. The zero-order valence-corrected chi connectivity index (χ0v) is 15.4. The number of para-hydroxylation sites is 1. The van der Waals surface area contributed by atoms with Gasteiger partial charge in [-0.2, -0.15) is 0 Å². The molecule has 4 nitrogen and oxygen atoms in total. The Morgan fingerprint density at radius 3 is 2.40 bits per heavy atom. The number of pyridine rings is 1. The summed E-state index contributed by atoms with van der Waals surface area (Å²) in [6.07, 6.45) is 0. The smallest absolute Gasteiger partial charge is 0.300 e. The number of nitrogens with two attached hydrogens (primary N) is 1. The van der Waals surface area contributed by atoms with E-state index < -0.39 is 8.11 Å². The molecule has 1 aromatic carbocycles. The lowest BCUT2D eigenvalue weighted by molar-refractivity contribution is -0.134. The van der Waals surface area contributed by atoms with Crippen LogP contribution in [-0.4, -0.2) is 16.1 Å². The van der Waals surface area contributed by atoms with E-state index in [1.807, 2.05) is 24.3 Å². The van der Waals surface area contributed by atoms with Gasteiger partial charge in [-0.1, -0.05) is 66.0 Å². The molecule has 0 aliphatic heterocycles. The minimum Gasteiger partial charge on any atom is -0.481 e. The van der Waals surface area contributed by atoms with Gasteiger partial charge in [-0.25, -0.2) is 4.98 Å². The van der Waals surface area contributed by atoms with E-state index in [4.69, 9.17) is 15.6 Å². The summed E-state index contributed by atoms with van der Waals surface area (Å²) in [5, 5.41) is 8.52. The number of carbonyl (C=O) groups is 1. The second-order valence-corrected chi connectivity index (χ2v) is 10.7. The van der Waals surface area contributed by atoms with Gasteiger partial charge in [-0.05, 0) is 17.7 Å². The van der Waals surface area contributed by atoms with Crippen LogP contribution < -0.4 is 5.73 Å². The van der Waals surface area contributed by atoms with E-state index in [-0.39, 0.29) is 0 Å². The number of halogens is 3. The van der Waals surface area contributed by atoms with Crippen molar-refractivity contribution in [3.8, 4) is 0 Å². The SMILES string of the molecule is CC(=O)O.NCc1cc2ccccc2nc1C(Br)(Br)Br. The predicted octanol–water partition coefficient (Wildman–Crippen LogP) is 4.08. The average molecular weight is 469 g/mol. The van der Waals surface area contributed by atoms with Gasteiger partial charge in [0.05, 0.1) is 11.2 Å². The van der Waals surface area contributed by atoms with Crippen LogP contribution in [-0.2, 0) is 13.5 Å². The average Bonchev–Trinajstić information content (AvgIpc) is 2.35. The second-order valence-electron chi connectivity index (χ2n) is 3.91.